The Hall–Kier alpha value is -1.60. The summed E-state index contributed by atoms with van der Waals surface area (Å²) in [6.07, 6.45) is 0. The van der Waals surface area contributed by atoms with Gasteiger partial charge in [-0.2, -0.15) is 0 Å². The highest BCUT2D eigenvalue weighted by Gasteiger charge is 2.22. The van der Waals surface area contributed by atoms with Crippen LogP contribution in [0.3, 0.4) is 0 Å². The summed E-state index contributed by atoms with van der Waals surface area (Å²) in [7, 11) is 0. The van der Waals surface area contributed by atoms with Crippen molar-refractivity contribution in [3.05, 3.63) is 77.7 Å². The molecule has 3 aromatic rings. The monoisotopic (exact) mass is 455 g/mol. The van der Waals surface area contributed by atoms with E-state index in [0.29, 0.717) is 26.2 Å². The molecule has 1 heterocycles. The summed E-state index contributed by atoms with van der Waals surface area (Å²) in [6, 6.07) is 11.9. The highest BCUT2D eigenvalue weighted by Crippen LogP contribution is 2.39. The zero-order valence-electron chi connectivity index (χ0n) is 12.7. The highest BCUT2D eigenvalue weighted by atomic mass is 79.9. The first-order valence-electron chi connectivity index (χ1n) is 7.16. The van der Waals surface area contributed by atoms with Gasteiger partial charge in [0, 0.05) is 20.7 Å². The second-order valence-corrected chi connectivity index (χ2v) is 7.91. The van der Waals surface area contributed by atoms with Crippen molar-refractivity contribution >= 4 is 67.5 Å². The fourth-order valence-electron chi connectivity index (χ4n) is 2.38. The minimum Gasteiger partial charge on any atom is -0.397 e. The van der Waals surface area contributed by atoms with Crippen molar-refractivity contribution in [1.29, 1.82) is 0 Å². The molecule has 8 heteroatoms. The third-order valence-electron chi connectivity index (χ3n) is 3.59. The van der Waals surface area contributed by atoms with Crippen molar-refractivity contribution in [2.24, 2.45) is 5.18 Å². The molecule has 0 saturated heterocycles. The zero-order chi connectivity index (χ0) is 18.0. The lowest BCUT2D eigenvalue weighted by Crippen LogP contribution is -1.99. The second kappa shape index (κ2) is 7.74. The van der Waals surface area contributed by atoms with E-state index >= 15 is 0 Å². The molecule has 0 spiro atoms. The first kappa shape index (κ1) is 18.2. The molecule has 0 aliphatic heterocycles. The molecule has 4 nitrogen and oxygen atoms in total. The number of nitrogens with zero attached hydrogens (tertiary/aromatic N) is 1. The topological polar surface area (TPSA) is 67.5 Å². The van der Waals surface area contributed by atoms with Crippen molar-refractivity contribution in [2.45, 2.75) is 6.04 Å². The fourth-order valence-corrected chi connectivity index (χ4v) is 4.24. The number of nitroso groups, excluding NO2 is 1. The molecule has 1 unspecified atom stereocenters. The van der Waals surface area contributed by atoms with Crippen molar-refractivity contribution < 1.29 is 0 Å². The predicted molar refractivity (Wildman–Crippen MR) is 110 cm³/mol. The summed E-state index contributed by atoms with van der Waals surface area (Å²) in [6.45, 7) is 0. The molecule has 0 radical (unpaired) electrons. The van der Waals surface area contributed by atoms with Crippen LogP contribution in [-0.2, 0) is 0 Å². The number of anilines is 3. The number of benzene rings is 2. The Labute approximate surface area is 167 Å². The van der Waals surface area contributed by atoms with Crippen molar-refractivity contribution in [3.8, 4) is 0 Å². The van der Waals surface area contributed by atoms with Crippen LogP contribution in [0.2, 0.25) is 10.0 Å². The number of hydrogen-bond acceptors (Lipinski definition) is 5. The molecule has 0 bridgehead atoms. The highest BCUT2D eigenvalue weighted by molar-refractivity contribution is 9.10. The van der Waals surface area contributed by atoms with Crippen LogP contribution in [-0.4, -0.2) is 0 Å². The maximum atomic E-state index is 11.4. The number of halogens is 3. The van der Waals surface area contributed by atoms with Crippen LogP contribution in [0.5, 0.6) is 0 Å². The van der Waals surface area contributed by atoms with E-state index < -0.39 is 6.04 Å². The van der Waals surface area contributed by atoms with E-state index in [4.69, 9.17) is 28.9 Å². The number of nitrogen functional groups attached to an aromatic ring is 1. The summed E-state index contributed by atoms with van der Waals surface area (Å²) < 4.78 is 0.900. The van der Waals surface area contributed by atoms with Gasteiger partial charge in [-0.3, -0.25) is 0 Å². The van der Waals surface area contributed by atoms with Gasteiger partial charge in [0.2, 0.25) is 0 Å². The van der Waals surface area contributed by atoms with E-state index in [1.54, 1.807) is 18.2 Å². The average molecular weight is 457 g/mol. The lowest BCUT2D eigenvalue weighted by atomic mass is 10.1. The van der Waals surface area contributed by atoms with Gasteiger partial charge >= 0.3 is 0 Å². The Bertz CT molecular complexity index is 932. The van der Waals surface area contributed by atoms with E-state index in [2.05, 4.69) is 26.4 Å². The molecule has 1 atom stereocenters. The van der Waals surface area contributed by atoms with E-state index in [9.17, 15) is 4.91 Å². The van der Waals surface area contributed by atoms with Crippen molar-refractivity contribution in [3.63, 3.8) is 0 Å². The normalized spacial score (nSPS) is 12.0. The van der Waals surface area contributed by atoms with Gasteiger partial charge in [0.1, 0.15) is 0 Å². The van der Waals surface area contributed by atoms with Gasteiger partial charge in [0.15, 0.2) is 6.04 Å². The van der Waals surface area contributed by atoms with Crippen LogP contribution in [0.4, 0.5) is 17.1 Å². The lowest BCUT2D eigenvalue weighted by Gasteiger charge is -2.14. The van der Waals surface area contributed by atoms with Crippen LogP contribution in [0, 0.1) is 4.91 Å². The molecule has 0 aliphatic rings. The Balaban J connectivity index is 1.90. The van der Waals surface area contributed by atoms with Gasteiger partial charge in [0.05, 0.1) is 21.3 Å². The van der Waals surface area contributed by atoms with Gasteiger partial charge in [-0.15, -0.1) is 16.2 Å². The maximum absolute atomic E-state index is 11.4. The number of nitrogens with two attached hydrogens (primary N) is 1. The molecule has 128 valence electrons. The van der Waals surface area contributed by atoms with Gasteiger partial charge in [-0.1, -0.05) is 50.4 Å². The smallest absolute Gasteiger partial charge is 0.154 e. The Kier molecular flexibility index (Phi) is 5.64. The van der Waals surface area contributed by atoms with Gasteiger partial charge in [-0.25, -0.2) is 0 Å². The van der Waals surface area contributed by atoms with Crippen LogP contribution in [0.15, 0.2) is 57.5 Å². The van der Waals surface area contributed by atoms with E-state index in [-0.39, 0.29) is 0 Å². The average Bonchev–Trinajstić information content (AvgIpc) is 2.99. The summed E-state index contributed by atoms with van der Waals surface area (Å²) in [5, 5.41) is 9.16. The van der Waals surface area contributed by atoms with Crippen LogP contribution in [0.1, 0.15) is 16.5 Å². The third kappa shape index (κ3) is 3.98. The molecule has 3 rings (SSSR count). The SMILES string of the molecule is Nc1cc(Br)ccc1Nc1ccc(C(N=O)c2sccc2Cl)c(Cl)c1. The van der Waals surface area contributed by atoms with E-state index in [0.717, 1.165) is 15.8 Å². The van der Waals surface area contributed by atoms with Crippen molar-refractivity contribution in [2.75, 3.05) is 11.1 Å². The molecule has 0 aliphatic carbocycles. The molecular formula is C17H12BrCl2N3OS. The summed E-state index contributed by atoms with van der Waals surface area (Å²) in [5.74, 6) is 0. The molecule has 0 saturated carbocycles. The minimum absolute atomic E-state index is 0.426. The van der Waals surface area contributed by atoms with E-state index in [1.807, 2.05) is 29.6 Å². The predicted octanol–water partition coefficient (Wildman–Crippen LogP) is 7.00. The van der Waals surface area contributed by atoms with Crippen LogP contribution in [0.25, 0.3) is 0 Å². The van der Waals surface area contributed by atoms with Crippen LogP contribution < -0.4 is 11.1 Å². The summed E-state index contributed by atoms with van der Waals surface area (Å²) in [4.78, 5) is 12.0. The minimum atomic E-state index is -0.730. The van der Waals surface area contributed by atoms with Gasteiger partial charge < -0.3 is 11.1 Å². The van der Waals surface area contributed by atoms with Gasteiger partial charge in [-0.05, 0) is 41.8 Å². The Morgan fingerprint density at radius 2 is 1.92 bits per heavy atom. The third-order valence-corrected chi connectivity index (χ3v) is 5.82. The molecule has 3 N–H and O–H groups in total. The van der Waals surface area contributed by atoms with Crippen LogP contribution >= 0.6 is 50.5 Å². The van der Waals surface area contributed by atoms with Gasteiger partial charge in [0.25, 0.3) is 0 Å². The molecule has 0 amide bonds. The maximum Gasteiger partial charge on any atom is 0.154 e. The molecule has 1 aromatic heterocycles. The number of thiophene rings is 1. The first-order chi connectivity index (χ1) is 12.0. The number of hydrogen-bond donors (Lipinski definition) is 2. The fraction of sp³-hybridized carbons (Fsp3) is 0.0588. The lowest BCUT2D eigenvalue weighted by molar-refractivity contribution is 0.885. The first-order valence-corrected chi connectivity index (χ1v) is 9.59. The largest absolute Gasteiger partial charge is 0.397 e. The quantitative estimate of drug-likeness (QED) is 0.320. The molecule has 25 heavy (non-hydrogen) atoms. The molecule has 0 fully saturated rings. The second-order valence-electron chi connectivity index (χ2n) is 5.23. The summed E-state index contributed by atoms with van der Waals surface area (Å²) >= 11 is 17.3. The summed E-state index contributed by atoms with van der Waals surface area (Å²) in [5.41, 5.74) is 8.72. The standard InChI is InChI=1S/C17H12BrCl2N3OS/c18-9-1-4-15(14(21)7-9)22-10-2-3-11(13(20)8-10)16(23-24)17-12(19)5-6-25-17/h1-8,16,22H,21H2. The number of rotatable bonds is 5. The van der Waals surface area contributed by atoms with Crippen molar-refractivity contribution in [1.82, 2.24) is 0 Å². The Morgan fingerprint density at radius 1 is 1.12 bits per heavy atom. The molecular weight excluding hydrogens is 445 g/mol. The Morgan fingerprint density at radius 3 is 2.52 bits per heavy atom. The van der Waals surface area contributed by atoms with E-state index in [1.165, 1.54) is 11.3 Å². The molecule has 2 aromatic carbocycles. The number of nitrogens with one attached hydrogen (secondary N) is 1. The zero-order valence-corrected chi connectivity index (χ0v) is 16.6.